The Balaban J connectivity index is 2.02. The number of aromatic carboxylic acids is 1. The first-order valence-corrected chi connectivity index (χ1v) is 6.63. The second-order valence-corrected chi connectivity index (χ2v) is 5.01. The first-order valence-electron chi connectivity index (χ1n) is 6.63. The quantitative estimate of drug-likeness (QED) is 0.886. The maximum atomic E-state index is 11.0. The summed E-state index contributed by atoms with van der Waals surface area (Å²) in [6, 6.07) is 9.43. The Morgan fingerprint density at radius 1 is 1.33 bits per heavy atom. The van der Waals surface area contributed by atoms with Crippen molar-refractivity contribution < 1.29 is 19.1 Å². The highest BCUT2D eigenvalue weighted by Crippen LogP contribution is 2.18. The van der Waals surface area contributed by atoms with Crippen LogP contribution in [0.2, 0.25) is 0 Å². The number of carbonyl (C=O) groups is 1. The van der Waals surface area contributed by atoms with Crippen LogP contribution in [0.4, 0.5) is 0 Å². The number of carboxylic acids is 1. The molecule has 0 aliphatic heterocycles. The van der Waals surface area contributed by atoms with E-state index in [1.807, 2.05) is 31.3 Å². The van der Waals surface area contributed by atoms with Crippen LogP contribution in [0.3, 0.4) is 0 Å². The molecule has 0 atom stereocenters. The van der Waals surface area contributed by atoms with Crippen LogP contribution >= 0.6 is 0 Å². The zero-order chi connectivity index (χ0) is 15.4. The minimum atomic E-state index is -0.960. The summed E-state index contributed by atoms with van der Waals surface area (Å²) in [5.74, 6) is 0.948. The van der Waals surface area contributed by atoms with Crippen LogP contribution in [-0.4, -0.2) is 30.1 Å². The molecule has 2 rings (SSSR count). The maximum absolute atomic E-state index is 11.0. The number of hydrogen-bond donors (Lipinski definition) is 1. The lowest BCUT2D eigenvalue weighted by molar-refractivity contribution is 0.0695. The van der Waals surface area contributed by atoms with Crippen LogP contribution in [0.25, 0.3) is 0 Å². The zero-order valence-corrected chi connectivity index (χ0v) is 12.4. The number of ether oxygens (including phenoxy) is 1. The van der Waals surface area contributed by atoms with E-state index >= 15 is 0 Å². The van der Waals surface area contributed by atoms with Gasteiger partial charge >= 0.3 is 5.97 Å². The lowest BCUT2D eigenvalue weighted by Gasteiger charge is -2.15. The van der Waals surface area contributed by atoms with Gasteiger partial charge in [-0.25, -0.2) is 4.79 Å². The molecule has 1 heterocycles. The fraction of sp³-hybridized carbons (Fsp3) is 0.312. The predicted octanol–water partition coefficient (Wildman–Crippen LogP) is 2.93. The average molecular weight is 289 g/mol. The summed E-state index contributed by atoms with van der Waals surface area (Å²) in [5.41, 5.74) is 1.35. The van der Waals surface area contributed by atoms with Crippen LogP contribution in [0, 0.1) is 6.92 Å². The van der Waals surface area contributed by atoms with Gasteiger partial charge in [-0.3, -0.25) is 4.90 Å². The summed E-state index contributed by atoms with van der Waals surface area (Å²) < 4.78 is 10.7. The number of nitrogens with zero attached hydrogens (tertiary/aromatic N) is 1. The van der Waals surface area contributed by atoms with Gasteiger partial charge in [-0.05, 0) is 37.7 Å². The van der Waals surface area contributed by atoms with Crippen molar-refractivity contribution in [3.05, 3.63) is 53.0 Å². The van der Waals surface area contributed by atoms with Crippen molar-refractivity contribution in [1.29, 1.82) is 0 Å². The monoisotopic (exact) mass is 289 g/mol. The summed E-state index contributed by atoms with van der Waals surface area (Å²) in [4.78, 5) is 13.0. The summed E-state index contributed by atoms with van der Waals surface area (Å²) >= 11 is 0. The number of methoxy groups -OCH3 is 1. The van der Waals surface area contributed by atoms with Crippen LogP contribution in [0.15, 0.2) is 34.7 Å². The van der Waals surface area contributed by atoms with Gasteiger partial charge in [0.25, 0.3) is 0 Å². The molecular weight excluding hydrogens is 270 g/mol. The van der Waals surface area contributed by atoms with Gasteiger partial charge in [0, 0.05) is 6.54 Å². The van der Waals surface area contributed by atoms with E-state index in [-0.39, 0.29) is 5.56 Å². The second-order valence-electron chi connectivity index (χ2n) is 5.01. The minimum absolute atomic E-state index is 0.222. The van der Waals surface area contributed by atoms with Gasteiger partial charge in [0.15, 0.2) is 0 Å². The van der Waals surface area contributed by atoms with Gasteiger partial charge in [0.1, 0.15) is 22.8 Å². The normalized spacial score (nSPS) is 10.9. The molecule has 0 bridgehead atoms. The lowest BCUT2D eigenvalue weighted by Crippen LogP contribution is -2.16. The number of rotatable bonds is 6. The van der Waals surface area contributed by atoms with E-state index in [0.29, 0.717) is 18.1 Å². The van der Waals surface area contributed by atoms with Gasteiger partial charge in [0.05, 0.1) is 13.7 Å². The Bertz CT molecular complexity index is 633. The molecule has 0 fully saturated rings. The van der Waals surface area contributed by atoms with Crippen molar-refractivity contribution >= 4 is 5.97 Å². The topological polar surface area (TPSA) is 62.9 Å². The SMILES string of the molecule is COc1cccc(CN(C)Cc2cc(C(=O)O)c(C)o2)c1. The highest BCUT2D eigenvalue weighted by molar-refractivity contribution is 5.88. The first kappa shape index (κ1) is 15.1. The molecule has 2 aromatic rings. The molecule has 0 aliphatic carbocycles. The fourth-order valence-electron chi connectivity index (χ4n) is 2.24. The van der Waals surface area contributed by atoms with Crippen LogP contribution < -0.4 is 4.74 Å². The smallest absolute Gasteiger partial charge is 0.339 e. The molecule has 0 unspecified atom stereocenters. The van der Waals surface area contributed by atoms with Gasteiger partial charge in [-0.1, -0.05) is 12.1 Å². The van der Waals surface area contributed by atoms with Gasteiger partial charge in [0.2, 0.25) is 0 Å². The third kappa shape index (κ3) is 3.86. The van der Waals surface area contributed by atoms with Crippen molar-refractivity contribution in [3.63, 3.8) is 0 Å². The molecule has 1 aromatic heterocycles. The van der Waals surface area contributed by atoms with E-state index < -0.39 is 5.97 Å². The van der Waals surface area contributed by atoms with Crippen molar-refractivity contribution in [2.45, 2.75) is 20.0 Å². The van der Waals surface area contributed by atoms with Crippen molar-refractivity contribution in [2.24, 2.45) is 0 Å². The van der Waals surface area contributed by atoms with E-state index in [4.69, 9.17) is 14.3 Å². The third-order valence-corrected chi connectivity index (χ3v) is 3.21. The Morgan fingerprint density at radius 3 is 2.71 bits per heavy atom. The highest BCUT2D eigenvalue weighted by atomic mass is 16.5. The number of carboxylic acid groups (broad SMARTS) is 1. The van der Waals surface area contributed by atoms with E-state index in [1.165, 1.54) is 0 Å². The first-order chi connectivity index (χ1) is 9.99. The average Bonchev–Trinajstić information content (AvgIpc) is 2.79. The Kier molecular flexibility index (Phi) is 4.65. The number of aryl methyl sites for hydroxylation is 1. The molecule has 1 N–H and O–H groups in total. The molecule has 0 saturated heterocycles. The number of furan rings is 1. The van der Waals surface area contributed by atoms with Gasteiger partial charge < -0.3 is 14.3 Å². The number of hydrogen-bond acceptors (Lipinski definition) is 4. The van der Waals surface area contributed by atoms with E-state index in [9.17, 15) is 4.79 Å². The summed E-state index contributed by atoms with van der Waals surface area (Å²) in [6.07, 6.45) is 0. The van der Waals surface area contributed by atoms with Crippen molar-refractivity contribution in [2.75, 3.05) is 14.2 Å². The Hall–Kier alpha value is -2.27. The predicted molar refractivity (Wildman–Crippen MR) is 78.6 cm³/mol. The summed E-state index contributed by atoms with van der Waals surface area (Å²) in [5, 5.41) is 9.02. The summed E-state index contributed by atoms with van der Waals surface area (Å²) in [7, 11) is 3.60. The lowest BCUT2D eigenvalue weighted by atomic mass is 10.2. The molecule has 112 valence electrons. The van der Waals surface area contributed by atoms with Crippen LogP contribution in [0.5, 0.6) is 5.75 Å². The molecule has 5 nitrogen and oxygen atoms in total. The van der Waals surface area contributed by atoms with Gasteiger partial charge in [-0.15, -0.1) is 0 Å². The van der Waals surface area contributed by atoms with E-state index in [2.05, 4.69) is 4.90 Å². The molecule has 0 radical (unpaired) electrons. The largest absolute Gasteiger partial charge is 0.497 e. The second kappa shape index (κ2) is 6.45. The zero-order valence-electron chi connectivity index (χ0n) is 12.4. The molecule has 0 amide bonds. The third-order valence-electron chi connectivity index (χ3n) is 3.21. The fourth-order valence-corrected chi connectivity index (χ4v) is 2.24. The molecule has 5 heteroatoms. The van der Waals surface area contributed by atoms with Gasteiger partial charge in [-0.2, -0.15) is 0 Å². The van der Waals surface area contributed by atoms with Crippen LogP contribution in [0.1, 0.15) is 27.4 Å². The highest BCUT2D eigenvalue weighted by Gasteiger charge is 2.14. The molecule has 0 aliphatic rings. The molecule has 0 saturated carbocycles. The van der Waals surface area contributed by atoms with Crippen molar-refractivity contribution in [1.82, 2.24) is 4.90 Å². The minimum Gasteiger partial charge on any atom is -0.497 e. The molecule has 21 heavy (non-hydrogen) atoms. The van der Waals surface area contributed by atoms with Crippen LogP contribution in [-0.2, 0) is 13.1 Å². The molecular formula is C16H19NO4. The van der Waals surface area contributed by atoms with Crippen molar-refractivity contribution in [3.8, 4) is 5.75 Å². The van der Waals surface area contributed by atoms with E-state index in [0.717, 1.165) is 17.9 Å². The maximum Gasteiger partial charge on any atom is 0.339 e. The number of benzene rings is 1. The van der Waals surface area contributed by atoms with E-state index in [1.54, 1.807) is 20.1 Å². The Labute approximate surface area is 123 Å². The molecule has 1 aromatic carbocycles. The molecule has 0 spiro atoms. The summed E-state index contributed by atoms with van der Waals surface area (Å²) in [6.45, 7) is 2.93. The standard InChI is InChI=1S/C16H19NO4/c1-11-15(16(18)19)8-14(21-11)10-17(2)9-12-5-4-6-13(7-12)20-3/h4-8H,9-10H2,1-3H3,(H,18,19). The Morgan fingerprint density at radius 2 is 2.10 bits per heavy atom.